The molecule has 0 aromatic carbocycles. The second-order valence-corrected chi connectivity index (χ2v) is 10.3. The monoisotopic (exact) mass is 417 g/mol. The number of aliphatic carboxylic acids is 1. The molecular formula is C19H35N3O5S. The molecule has 0 aromatic heterocycles. The number of hydrogen-bond donors (Lipinski definition) is 2. The third kappa shape index (κ3) is 6.42. The van der Waals surface area contributed by atoms with Crippen molar-refractivity contribution >= 4 is 21.9 Å². The molecule has 0 saturated carbocycles. The lowest BCUT2D eigenvalue weighted by Crippen LogP contribution is -2.53. The Morgan fingerprint density at radius 1 is 1.14 bits per heavy atom. The molecule has 2 saturated heterocycles. The van der Waals surface area contributed by atoms with Crippen molar-refractivity contribution in [3.05, 3.63) is 0 Å². The highest BCUT2D eigenvalue weighted by Crippen LogP contribution is 2.31. The zero-order valence-electron chi connectivity index (χ0n) is 17.3. The number of sulfonamides is 1. The smallest absolute Gasteiger partial charge is 0.308 e. The summed E-state index contributed by atoms with van der Waals surface area (Å²) in [5.41, 5.74) is 0. The summed E-state index contributed by atoms with van der Waals surface area (Å²) >= 11 is 0. The van der Waals surface area contributed by atoms with E-state index < -0.39 is 34.0 Å². The van der Waals surface area contributed by atoms with Crippen LogP contribution in [-0.2, 0) is 19.6 Å². The summed E-state index contributed by atoms with van der Waals surface area (Å²) in [5.74, 6) is -2.10. The van der Waals surface area contributed by atoms with Gasteiger partial charge in [-0.1, -0.05) is 20.3 Å². The predicted molar refractivity (Wildman–Crippen MR) is 107 cm³/mol. The van der Waals surface area contributed by atoms with E-state index in [9.17, 15) is 23.1 Å². The molecule has 2 N–H and O–H groups in total. The molecule has 0 bridgehead atoms. The van der Waals surface area contributed by atoms with Crippen LogP contribution in [0.1, 0.15) is 52.4 Å². The summed E-state index contributed by atoms with van der Waals surface area (Å²) in [7, 11) is -3.49. The highest BCUT2D eigenvalue weighted by atomic mass is 32.2. The normalized spacial score (nSPS) is 25.2. The molecule has 162 valence electrons. The van der Waals surface area contributed by atoms with Crippen molar-refractivity contribution in [2.75, 3.05) is 32.4 Å². The standard InChI is InChI=1S/C19H35N3O5S/c1-14(2)17(19(24)25)18-15(20-28(3,26)27)9-13-22(18)16(23)8-7-12-21-10-5-4-6-11-21/h14-15,17-18,20H,4-13H2,1-3H3,(H,24,25)/t15-,17+,18-/m1/s1. The van der Waals surface area contributed by atoms with Gasteiger partial charge in [-0.2, -0.15) is 0 Å². The van der Waals surface area contributed by atoms with Gasteiger partial charge in [0.2, 0.25) is 15.9 Å². The van der Waals surface area contributed by atoms with Crippen LogP contribution < -0.4 is 4.72 Å². The number of amides is 1. The Bertz CT molecular complexity index is 646. The van der Waals surface area contributed by atoms with Crippen LogP contribution in [0.2, 0.25) is 0 Å². The second-order valence-electron chi connectivity index (χ2n) is 8.48. The van der Waals surface area contributed by atoms with E-state index in [0.717, 1.165) is 32.3 Å². The van der Waals surface area contributed by atoms with Crippen LogP contribution in [0.5, 0.6) is 0 Å². The largest absolute Gasteiger partial charge is 0.481 e. The maximum atomic E-state index is 12.9. The third-order valence-corrected chi connectivity index (χ3v) is 6.55. The number of nitrogens with one attached hydrogen (secondary N) is 1. The lowest BCUT2D eigenvalue weighted by Gasteiger charge is -2.35. The SMILES string of the molecule is CC(C)[C@H](C(=O)O)[C@H]1[C@H](NS(C)(=O)=O)CCN1C(=O)CCCN1CCCCC1. The number of carbonyl (C=O) groups is 2. The maximum Gasteiger partial charge on any atom is 0.308 e. The Labute approximate surface area is 168 Å². The van der Waals surface area contributed by atoms with E-state index >= 15 is 0 Å². The molecule has 2 aliphatic heterocycles. The second kappa shape index (κ2) is 10.0. The molecule has 0 aromatic rings. The van der Waals surface area contributed by atoms with E-state index in [1.165, 1.54) is 19.3 Å². The molecular weight excluding hydrogens is 382 g/mol. The number of carbonyl (C=O) groups excluding carboxylic acids is 1. The first-order valence-corrected chi connectivity index (χ1v) is 12.2. The fraction of sp³-hybridized carbons (Fsp3) is 0.895. The number of carboxylic acid groups (broad SMARTS) is 1. The van der Waals surface area contributed by atoms with E-state index in [-0.39, 0.29) is 11.8 Å². The van der Waals surface area contributed by atoms with Crippen molar-refractivity contribution in [2.45, 2.75) is 64.5 Å². The van der Waals surface area contributed by atoms with Crippen LogP contribution >= 0.6 is 0 Å². The average Bonchev–Trinajstić information content (AvgIpc) is 2.96. The van der Waals surface area contributed by atoms with E-state index in [0.29, 0.717) is 19.4 Å². The van der Waals surface area contributed by atoms with Crippen LogP contribution in [0, 0.1) is 11.8 Å². The Morgan fingerprint density at radius 2 is 1.79 bits per heavy atom. The highest BCUT2D eigenvalue weighted by molar-refractivity contribution is 7.88. The van der Waals surface area contributed by atoms with Gasteiger partial charge >= 0.3 is 5.97 Å². The minimum absolute atomic E-state index is 0.0771. The molecule has 3 atom stereocenters. The van der Waals surface area contributed by atoms with Gasteiger partial charge in [0, 0.05) is 19.0 Å². The van der Waals surface area contributed by atoms with Gasteiger partial charge in [-0.15, -0.1) is 0 Å². The van der Waals surface area contributed by atoms with Gasteiger partial charge in [0.15, 0.2) is 0 Å². The lowest BCUT2D eigenvalue weighted by molar-refractivity contribution is -0.148. The van der Waals surface area contributed by atoms with Crippen molar-refractivity contribution in [3.63, 3.8) is 0 Å². The summed E-state index contributed by atoms with van der Waals surface area (Å²) in [6.07, 6.45) is 6.29. The van der Waals surface area contributed by atoms with Gasteiger partial charge in [0.1, 0.15) is 0 Å². The highest BCUT2D eigenvalue weighted by Gasteiger charge is 2.46. The molecule has 2 fully saturated rings. The molecule has 1 amide bonds. The zero-order chi connectivity index (χ0) is 20.9. The van der Waals surface area contributed by atoms with Crippen molar-refractivity contribution in [1.82, 2.24) is 14.5 Å². The van der Waals surface area contributed by atoms with E-state index in [1.807, 2.05) is 0 Å². The lowest BCUT2D eigenvalue weighted by atomic mass is 9.85. The topological polar surface area (TPSA) is 107 Å². The fourth-order valence-corrected chi connectivity index (χ4v) is 5.37. The number of likely N-dealkylation sites (tertiary alicyclic amines) is 2. The van der Waals surface area contributed by atoms with Crippen LogP contribution in [0.15, 0.2) is 0 Å². The van der Waals surface area contributed by atoms with Crippen LogP contribution in [-0.4, -0.2) is 79.7 Å². The molecule has 9 heteroatoms. The molecule has 0 radical (unpaired) electrons. The number of piperidine rings is 1. The Hall–Kier alpha value is -1.19. The summed E-state index contributed by atoms with van der Waals surface area (Å²) < 4.78 is 26.1. The predicted octanol–water partition coefficient (Wildman–Crippen LogP) is 1.13. The first-order valence-electron chi connectivity index (χ1n) is 10.3. The number of carboxylic acids is 1. The van der Waals surface area contributed by atoms with Crippen LogP contribution in [0.4, 0.5) is 0 Å². The van der Waals surface area contributed by atoms with Crippen molar-refractivity contribution < 1.29 is 23.1 Å². The number of rotatable bonds is 9. The van der Waals surface area contributed by atoms with Crippen molar-refractivity contribution in [2.24, 2.45) is 11.8 Å². The summed E-state index contributed by atoms with van der Waals surface area (Å²) in [6, 6.07) is -1.22. The number of hydrogen-bond acceptors (Lipinski definition) is 5. The maximum absolute atomic E-state index is 12.9. The molecule has 0 unspecified atom stereocenters. The van der Waals surface area contributed by atoms with Gasteiger partial charge in [0.25, 0.3) is 0 Å². The molecule has 2 heterocycles. The van der Waals surface area contributed by atoms with Gasteiger partial charge in [-0.05, 0) is 51.2 Å². The first-order chi connectivity index (χ1) is 13.1. The molecule has 0 aliphatic carbocycles. The Morgan fingerprint density at radius 3 is 2.32 bits per heavy atom. The van der Waals surface area contributed by atoms with E-state index in [2.05, 4.69) is 9.62 Å². The van der Waals surface area contributed by atoms with Crippen molar-refractivity contribution in [3.8, 4) is 0 Å². The Kier molecular flexibility index (Phi) is 8.27. The van der Waals surface area contributed by atoms with Gasteiger partial charge < -0.3 is 14.9 Å². The minimum atomic E-state index is -3.49. The zero-order valence-corrected chi connectivity index (χ0v) is 18.1. The van der Waals surface area contributed by atoms with Gasteiger partial charge in [-0.3, -0.25) is 9.59 Å². The quantitative estimate of drug-likeness (QED) is 0.582. The van der Waals surface area contributed by atoms with Gasteiger partial charge in [-0.25, -0.2) is 13.1 Å². The molecule has 8 nitrogen and oxygen atoms in total. The third-order valence-electron chi connectivity index (χ3n) is 5.82. The molecule has 0 spiro atoms. The molecule has 2 aliphatic rings. The van der Waals surface area contributed by atoms with Crippen molar-refractivity contribution in [1.29, 1.82) is 0 Å². The first kappa shape index (κ1) is 23.1. The Balaban J connectivity index is 2.06. The molecule has 2 rings (SSSR count). The van der Waals surface area contributed by atoms with Crippen LogP contribution in [0.3, 0.4) is 0 Å². The summed E-state index contributed by atoms with van der Waals surface area (Å²) in [5, 5.41) is 9.74. The minimum Gasteiger partial charge on any atom is -0.481 e. The molecule has 28 heavy (non-hydrogen) atoms. The van der Waals surface area contributed by atoms with Crippen LogP contribution in [0.25, 0.3) is 0 Å². The fourth-order valence-electron chi connectivity index (χ4n) is 4.56. The number of nitrogens with zero attached hydrogens (tertiary/aromatic N) is 2. The van der Waals surface area contributed by atoms with E-state index in [1.54, 1.807) is 18.7 Å². The van der Waals surface area contributed by atoms with E-state index in [4.69, 9.17) is 0 Å². The summed E-state index contributed by atoms with van der Waals surface area (Å²) in [6.45, 7) is 7.02. The van der Waals surface area contributed by atoms with Gasteiger partial charge in [0.05, 0.1) is 18.2 Å². The average molecular weight is 418 g/mol. The summed E-state index contributed by atoms with van der Waals surface area (Å²) in [4.78, 5) is 28.8.